The van der Waals surface area contributed by atoms with Crippen LogP contribution in [0.3, 0.4) is 0 Å². The normalized spacial score (nSPS) is 12.0. The van der Waals surface area contributed by atoms with Crippen LogP contribution in [0.4, 0.5) is 0 Å². The fourth-order valence-corrected chi connectivity index (χ4v) is 9.80. The number of fused-ring (bicyclic) bond motifs is 11. The molecule has 4 nitrogen and oxygen atoms in total. The van der Waals surface area contributed by atoms with Gasteiger partial charge in [-0.05, 0) is 83.4 Å². The van der Waals surface area contributed by atoms with E-state index in [1.165, 1.54) is 60.1 Å². The topological polar surface area (TPSA) is 27.9 Å². The van der Waals surface area contributed by atoms with Gasteiger partial charge in [0.25, 0.3) is 0 Å². The lowest BCUT2D eigenvalue weighted by Crippen LogP contribution is -1.95. The van der Waals surface area contributed by atoms with Crippen LogP contribution in [-0.2, 0) is 0 Å². The first-order valence-electron chi connectivity index (χ1n) is 20.5. The third-order valence-corrected chi connectivity index (χ3v) is 12.5. The van der Waals surface area contributed by atoms with Crippen molar-refractivity contribution in [1.29, 1.82) is 0 Å². The molecule has 0 spiro atoms. The van der Waals surface area contributed by atoms with Crippen LogP contribution in [0.15, 0.2) is 217 Å². The van der Waals surface area contributed by atoms with E-state index in [2.05, 4.69) is 226 Å². The second-order valence-corrected chi connectivity index (χ2v) is 15.7. The predicted molar refractivity (Wildman–Crippen MR) is 250 cm³/mol. The van der Waals surface area contributed by atoms with Crippen LogP contribution in [0, 0.1) is 0 Å². The molecule has 60 heavy (non-hydrogen) atoms. The molecule has 0 amide bonds. The SMILES string of the molecule is c1ccc(-n2c3ccccc3c3c4cccc(-c5ccc(-c6ccc(-n7c8ccccc8c8cc(-n9c%10ccccc%10c%10ccccc%109)ccc87)cc6)cc5)c4oc32)cc1. The highest BCUT2D eigenvalue weighted by molar-refractivity contribution is 6.22. The molecule has 0 saturated heterocycles. The minimum absolute atomic E-state index is 0.869. The van der Waals surface area contributed by atoms with E-state index in [0.29, 0.717) is 0 Å². The van der Waals surface area contributed by atoms with Gasteiger partial charge in [0.05, 0.1) is 33.0 Å². The molecule has 13 rings (SSSR count). The quantitative estimate of drug-likeness (QED) is 0.171. The van der Waals surface area contributed by atoms with Gasteiger partial charge in [-0.2, -0.15) is 0 Å². The van der Waals surface area contributed by atoms with Gasteiger partial charge in [0.1, 0.15) is 5.58 Å². The summed E-state index contributed by atoms with van der Waals surface area (Å²) in [7, 11) is 0. The molecule has 4 heteroatoms. The number of rotatable bonds is 5. The number of nitrogens with zero attached hydrogens (tertiary/aromatic N) is 3. The number of para-hydroxylation sites is 6. The van der Waals surface area contributed by atoms with Gasteiger partial charge in [-0.1, -0.05) is 146 Å². The van der Waals surface area contributed by atoms with E-state index in [-0.39, 0.29) is 0 Å². The Hall–Kier alpha value is -8.08. The molecule has 0 N–H and O–H groups in total. The Morgan fingerprint density at radius 2 is 0.733 bits per heavy atom. The summed E-state index contributed by atoms with van der Waals surface area (Å²) in [6.07, 6.45) is 0. The first kappa shape index (κ1) is 32.9. The minimum atomic E-state index is 0.869. The summed E-state index contributed by atoms with van der Waals surface area (Å²) in [4.78, 5) is 0. The van der Waals surface area contributed by atoms with Gasteiger partial charge in [-0.3, -0.25) is 4.57 Å². The smallest absolute Gasteiger partial charge is 0.213 e. The zero-order valence-corrected chi connectivity index (χ0v) is 32.5. The van der Waals surface area contributed by atoms with Crippen molar-refractivity contribution in [3.63, 3.8) is 0 Å². The molecule has 0 aliphatic heterocycles. The molecule has 0 fully saturated rings. The van der Waals surface area contributed by atoms with Gasteiger partial charge in [0, 0.05) is 54.9 Å². The summed E-state index contributed by atoms with van der Waals surface area (Å²) in [5.74, 6) is 0. The van der Waals surface area contributed by atoms with Crippen molar-refractivity contribution in [3.8, 4) is 39.3 Å². The average Bonchev–Trinajstić information content (AvgIpc) is 4.05. The van der Waals surface area contributed by atoms with Crippen LogP contribution in [0.5, 0.6) is 0 Å². The van der Waals surface area contributed by atoms with Crippen LogP contribution in [-0.4, -0.2) is 13.7 Å². The summed E-state index contributed by atoms with van der Waals surface area (Å²) in [6.45, 7) is 0. The van der Waals surface area contributed by atoms with Crippen molar-refractivity contribution in [3.05, 3.63) is 212 Å². The van der Waals surface area contributed by atoms with Crippen LogP contribution < -0.4 is 0 Å². The molecule has 0 unspecified atom stereocenters. The van der Waals surface area contributed by atoms with Gasteiger partial charge in [-0.15, -0.1) is 0 Å². The highest BCUT2D eigenvalue weighted by Gasteiger charge is 2.21. The van der Waals surface area contributed by atoms with E-state index in [1.54, 1.807) is 0 Å². The van der Waals surface area contributed by atoms with Crippen molar-refractivity contribution in [2.75, 3.05) is 0 Å². The van der Waals surface area contributed by atoms with Crippen LogP contribution >= 0.6 is 0 Å². The van der Waals surface area contributed by atoms with Gasteiger partial charge in [0.15, 0.2) is 0 Å². The highest BCUT2D eigenvalue weighted by atomic mass is 16.3. The molecule has 0 aliphatic carbocycles. The van der Waals surface area contributed by atoms with Crippen molar-refractivity contribution in [2.45, 2.75) is 0 Å². The summed E-state index contributed by atoms with van der Waals surface area (Å²) in [6, 6.07) is 76.5. The van der Waals surface area contributed by atoms with Crippen LogP contribution in [0.2, 0.25) is 0 Å². The Kier molecular flexibility index (Phi) is 6.98. The van der Waals surface area contributed by atoms with Crippen molar-refractivity contribution < 1.29 is 4.42 Å². The molecule has 4 aromatic heterocycles. The Morgan fingerprint density at radius 3 is 1.38 bits per heavy atom. The predicted octanol–water partition coefficient (Wildman–Crippen LogP) is 15.1. The lowest BCUT2D eigenvalue weighted by molar-refractivity contribution is 0.646. The monoisotopic (exact) mass is 765 g/mol. The van der Waals surface area contributed by atoms with Crippen molar-refractivity contribution in [1.82, 2.24) is 13.7 Å². The second-order valence-electron chi connectivity index (χ2n) is 15.7. The van der Waals surface area contributed by atoms with Gasteiger partial charge in [-0.25, -0.2) is 0 Å². The molecular formula is C56H35N3O. The van der Waals surface area contributed by atoms with Gasteiger partial charge >= 0.3 is 0 Å². The minimum Gasteiger partial charge on any atom is -0.438 e. The molecule has 4 heterocycles. The standard InChI is InChI=1S/C56H35N3O/c1-2-13-39(14-3-1)59-52-24-11-7-18-46(52)54-47-20-12-19-42(55(47)60-56(54)59)38-27-25-36(26-28-38)37-29-31-40(32-30-37)57-51-23-10-6-17-45(51)48-35-41(33-34-53(48)57)58-49-21-8-4-15-43(49)44-16-5-9-22-50(44)58/h1-35H. The van der Waals surface area contributed by atoms with E-state index >= 15 is 0 Å². The average molecular weight is 766 g/mol. The fourth-order valence-electron chi connectivity index (χ4n) is 9.80. The zero-order chi connectivity index (χ0) is 39.3. The first-order chi connectivity index (χ1) is 29.8. The molecule has 9 aromatic carbocycles. The van der Waals surface area contributed by atoms with E-state index in [9.17, 15) is 0 Å². The summed E-state index contributed by atoms with van der Waals surface area (Å²) in [5, 5.41) is 8.48. The van der Waals surface area contributed by atoms with Crippen molar-refractivity contribution >= 4 is 76.6 Å². The number of benzene rings is 9. The van der Waals surface area contributed by atoms with E-state index in [0.717, 1.165) is 55.8 Å². The van der Waals surface area contributed by atoms with Gasteiger partial charge in [0.2, 0.25) is 5.71 Å². The first-order valence-corrected chi connectivity index (χ1v) is 20.5. The lowest BCUT2D eigenvalue weighted by Gasteiger charge is -2.11. The highest BCUT2D eigenvalue weighted by Crippen LogP contribution is 2.43. The van der Waals surface area contributed by atoms with E-state index in [4.69, 9.17) is 4.42 Å². The second kappa shape index (κ2) is 12.7. The summed E-state index contributed by atoms with van der Waals surface area (Å²) >= 11 is 0. The Labute approximate surface area is 345 Å². The molecule has 280 valence electrons. The number of furan rings is 1. The Balaban J connectivity index is 0.871. The van der Waals surface area contributed by atoms with Crippen molar-refractivity contribution in [2.24, 2.45) is 0 Å². The molecule has 0 aliphatic rings. The molecule has 13 aromatic rings. The summed E-state index contributed by atoms with van der Waals surface area (Å²) < 4.78 is 13.9. The third-order valence-electron chi connectivity index (χ3n) is 12.5. The van der Waals surface area contributed by atoms with Crippen LogP contribution in [0.25, 0.3) is 116 Å². The molecular weight excluding hydrogens is 731 g/mol. The maximum absolute atomic E-state index is 6.85. The molecule has 0 radical (unpaired) electrons. The maximum Gasteiger partial charge on any atom is 0.213 e. The zero-order valence-electron chi connectivity index (χ0n) is 32.5. The largest absolute Gasteiger partial charge is 0.438 e. The number of hydrogen-bond acceptors (Lipinski definition) is 1. The molecule has 0 bridgehead atoms. The molecule has 0 atom stereocenters. The lowest BCUT2D eigenvalue weighted by atomic mass is 9.98. The Morgan fingerprint density at radius 1 is 0.283 bits per heavy atom. The fraction of sp³-hybridized carbons (Fsp3) is 0. The maximum atomic E-state index is 6.85. The van der Waals surface area contributed by atoms with Gasteiger partial charge < -0.3 is 13.6 Å². The van der Waals surface area contributed by atoms with Crippen LogP contribution in [0.1, 0.15) is 0 Å². The number of aromatic nitrogens is 3. The Bertz CT molecular complexity index is 3750. The third kappa shape index (κ3) is 4.73. The molecule has 0 saturated carbocycles. The van der Waals surface area contributed by atoms with E-state index < -0.39 is 0 Å². The summed E-state index contributed by atoms with van der Waals surface area (Å²) in [5.41, 5.74) is 15.7. The van der Waals surface area contributed by atoms with E-state index in [1.807, 2.05) is 0 Å². The number of hydrogen-bond donors (Lipinski definition) is 0.